The van der Waals surface area contributed by atoms with Crippen molar-refractivity contribution in [3.8, 4) is 0 Å². The van der Waals surface area contributed by atoms with E-state index in [0.717, 1.165) is 19.4 Å². The highest BCUT2D eigenvalue weighted by molar-refractivity contribution is 5.09. The summed E-state index contributed by atoms with van der Waals surface area (Å²) in [4.78, 5) is 0. The first-order valence-electron chi connectivity index (χ1n) is 5.48. The number of aliphatic hydroxyl groups excluding tert-OH is 1. The van der Waals surface area contributed by atoms with E-state index in [0.29, 0.717) is 12.6 Å². The van der Waals surface area contributed by atoms with Gasteiger partial charge in [-0.3, -0.25) is 4.68 Å². The number of aryl methyl sites for hydroxylation is 1. The van der Waals surface area contributed by atoms with E-state index in [-0.39, 0.29) is 5.41 Å². The lowest BCUT2D eigenvalue weighted by Crippen LogP contribution is -2.28. The molecule has 2 N–H and O–H groups in total. The summed E-state index contributed by atoms with van der Waals surface area (Å²) in [5.74, 6) is 0. The van der Waals surface area contributed by atoms with Crippen LogP contribution in [-0.4, -0.2) is 28.0 Å². The van der Waals surface area contributed by atoms with Gasteiger partial charge in [0.05, 0.1) is 6.20 Å². The van der Waals surface area contributed by atoms with Gasteiger partial charge in [0.2, 0.25) is 0 Å². The van der Waals surface area contributed by atoms with Crippen molar-refractivity contribution in [3.05, 3.63) is 18.0 Å². The predicted octanol–water partition coefficient (Wildman–Crippen LogP) is 0.843. The number of nitrogens with zero attached hydrogens (tertiary/aromatic N) is 2. The van der Waals surface area contributed by atoms with Crippen molar-refractivity contribution in [3.63, 3.8) is 0 Å². The maximum Gasteiger partial charge on any atom is 0.0537 e. The second-order valence-electron chi connectivity index (χ2n) is 4.71. The number of rotatable bonds is 5. The highest BCUT2D eigenvalue weighted by Crippen LogP contribution is 2.44. The Hall–Kier alpha value is -0.870. The first-order chi connectivity index (χ1) is 7.15. The van der Waals surface area contributed by atoms with E-state index in [4.69, 9.17) is 0 Å². The average molecular weight is 209 g/mol. The number of aromatic nitrogens is 2. The number of nitrogens with one attached hydrogen (secondary N) is 1. The van der Waals surface area contributed by atoms with E-state index in [2.05, 4.69) is 17.3 Å². The van der Waals surface area contributed by atoms with Crippen LogP contribution in [0.5, 0.6) is 0 Å². The van der Waals surface area contributed by atoms with Crippen molar-refractivity contribution < 1.29 is 5.11 Å². The van der Waals surface area contributed by atoms with E-state index >= 15 is 0 Å². The summed E-state index contributed by atoms with van der Waals surface area (Å²) in [6, 6.07) is 0.308. The highest BCUT2D eigenvalue weighted by Gasteiger charge is 2.41. The van der Waals surface area contributed by atoms with Gasteiger partial charge in [0.25, 0.3) is 0 Å². The van der Waals surface area contributed by atoms with Gasteiger partial charge >= 0.3 is 0 Å². The summed E-state index contributed by atoms with van der Waals surface area (Å²) in [6.45, 7) is 3.34. The third-order valence-electron chi connectivity index (χ3n) is 3.30. The first kappa shape index (κ1) is 10.6. The van der Waals surface area contributed by atoms with Gasteiger partial charge in [-0.05, 0) is 19.8 Å². The largest absolute Gasteiger partial charge is 0.396 e. The molecule has 4 heteroatoms. The normalized spacial score (nSPS) is 20.2. The Morgan fingerprint density at radius 2 is 2.40 bits per heavy atom. The lowest BCUT2D eigenvalue weighted by atomic mass is 10.1. The molecule has 0 amide bonds. The fourth-order valence-corrected chi connectivity index (χ4v) is 1.72. The van der Waals surface area contributed by atoms with E-state index in [1.165, 1.54) is 5.56 Å². The Morgan fingerprint density at radius 1 is 1.67 bits per heavy atom. The lowest BCUT2D eigenvalue weighted by Gasteiger charge is -2.17. The monoisotopic (exact) mass is 209 g/mol. The Morgan fingerprint density at radius 3 is 2.87 bits per heavy atom. The Bertz CT molecular complexity index is 330. The molecule has 1 aliphatic rings. The third kappa shape index (κ3) is 2.38. The molecule has 1 atom stereocenters. The number of hydrogen-bond donors (Lipinski definition) is 2. The van der Waals surface area contributed by atoms with Gasteiger partial charge < -0.3 is 10.4 Å². The fraction of sp³-hybridized carbons (Fsp3) is 0.727. The van der Waals surface area contributed by atoms with E-state index in [1.54, 1.807) is 0 Å². The van der Waals surface area contributed by atoms with Crippen molar-refractivity contribution >= 4 is 0 Å². The molecular formula is C11H19N3O. The molecule has 1 aliphatic carbocycles. The second kappa shape index (κ2) is 3.94. The van der Waals surface area contributed by atoms with Crippen LogP contribution in [0.2, 0.25) is 0 Å². The summed E-state index contributed by atoms with van der Waals surface area (Å²) in [5, 5.41) is 16.8. The Labute approximate surface area is 90.3 Å². The van der Waals surface area contributed by atoms with Crippen LogP contribution in [0.4, 0.5) is 0 Å². The molecule has 1 unspecified atom stereocenters. The first-order valence-corrected chi connectivity index (χ1v) is 5.48. The van der Waals surface area contributed by atoms with E-state index in [9.17, 15) is 5.11 Å². The second-order valence-corrected chi connectivity index (χ2v) is 4.71. The van der Waals surface area contributed by atoms with Gasteiger partial charge in [-0.15, -0.1) is 0 Å². The van der Waals surface area contributed by atoms with Gasteiger partial charge in [0.15, 0.2) is 0 Å². The SMILES string of the molecule is CC(NCC1(CO)CC1)c1cnn(C)c1. The van der Waals surface area contributed by atoms with Crippen molar-refractivity contribution in [1.82, 2.24) is 15.1 Å². The molecule has 1 aromatic heterocycles. The molecule has 84 valence electrons. The van der Waals surface area contributed by atoms with Crippen LogP contribution in [0.3, 0.4) is 0 Å². The van der Waals surface area contributed by atoms with Crippen LogP contribution < -0.4 is 5.32 Å². The molecule has 1 saturated carbocycles. The average Bonchev–Trinajstić information content (AvgIpc) is 2.90. The molecule has 4 nitrogen and oxygen atoms in total. The molecule has 0 saturated heterocycles. The van der Waals surface area contributed by atoms with Crippen LogP contribution in [-0.2, 0) is 7.05 Å². The molecule has 1 heterocycles. The smallest absolute Gasteiger partial charge is 0.0537 e. The molecule has 2 rings (SSSR count). The molecule has 0 aromatic carbocycles. The minimum Gasteiger partial charge on any atom is -0.396 e. The van der Waals surface area contributed by atoms with Gasteiger partial charge in [0, 0.05) is 43.4 Å². The highest BCUT2D eigenvalue weighted by atomic mass is 16.3. The Balaban J connectivity index is 1.85. The van der Waals surface area contributed by atoms with Gasteiger partial charge in [0.1, 0.15) is 0 Å². The predicted molar refractivity (Wildman–Crippen MR) is 58.4 cm³/mol. The third-order valence-corrected chi connectivity index (χ3v) is 3.30. The van der Waals surface area contributed by atoms with E-state index < -0.39 is 0 Å². The number of hydrogen-bond acceptors (Lipinski definition) is 3. The van der Waals surface area contributed by atoms with Gasteiger partial charge in [-0.2, -0.15) is 5.10 Å². The molecular weight excluding hydrogens is 190 g/mol. The summed E-state index contributed by atoms with van der Waals surface area (Å²) < 4.78 is 1.81. The summed E-state index contributed by atoms with van der Waals surface area (Å²) >= 11 is 0. The lowest BCUT2D eigenvalue weighted by molar-refractivity contribution is 0.204. The van der Waals surface area contributed by atoms with Gasteiger partial charge in [-0.1, -0.05) is 0 Å². The van der Waals surface area contributed by atoms with Crippen LogP contribution in [0.25, 0.3) is 0 Å². The summed E-state index contributed by atoms with van der Waals surface area (Å²) in [7, 11) is 1.92. The van der Waals surface area contributed by atoms with Crippen molar-refractivity contribution in [1.29, 1.82) is 0 Å². The zero-order valence-corrected chi connectivity index (χ0v) is 9.40. The van der Waals surface area contributed by atoms with E-state index in [1.807, 2.05) is 24.1 Å². The van der Waals surface area contributed by atoms with Gasteiger partial charge in [-0.25, -0.2) is 0 Å². The zero-order chi connectivity index (χ0) is 10.9. The molecule has 1 aromatic rings. The molecule has 15 heavy (non-hydrogen) atoms. The van der Waals surface area contributed by atoms with Crippen LogP contribution in [0.1, 0.15) is 31.4 Å². The van der Waals surface area contributed by atoms with Crippen molar-refractivity contribution in [2.75, 3.05) is 13.2 Å². The maximum absolute atomic E-state index is 9.19. The number of aliphatic hydroxyl groups is 1. The topological polar surface area (TPSA) is 50.1 Å². The minimum atomic E-state index is 0.177. The molecule has 0 bridgehead atoms. The molecule has 0 radical (unpaired) electrons. The fourth-order valence-electron chi connectivity index (χ4n) is 1.72. The minimum absolute atomic E-state index is 0.177. The van der Waals surface area contributed by atoms with Crippen LogP contribution in [0, 0.1) is 5.41 Å². The molecule has 1 fully saturated rings. The quantitative estimate of drug-likeness (QED) is 0.755. The van der Waals surface area contributed by atoms with Crippen LogP contribution in [0.15, 0.2) is 12.4 Å². The summed E-state index contributed by atoms with van der Waals surface area (Å²) in [6.07, 6.45) is 6.21. The summed E-state index contributed by atoms with van der Waals surface area (Å²) in [5.41, 5.74) is 1.38. The standard InChI is InChI=1S/C11H19N3O/c1-9(10-5-13-14(2)6-10)12-7-11(8-15)3-4-11/h5-6,9,12,15H,3-4,7-8H2,1-2H3. The van der Waals surface area contributed by atoms with Crippen LogP contribution >= 0.6 is 0 Å². The Kier molecular flexibility index (Phi) is 2.80. The van der Waals surface area contributed by atoms with Crippen molar-refractivity contribution in [2.45, 2.75) is 25.8 Å². The maximum atomic E-state index is 9.19. The molecule has 0 aliphatic heterocycles. The molecule has 0 spiro atoms. The zero-order valence-electron chi connectivity index (χ0n) is 9.40. The van der Waals surface area contributed by atoms with Crippen molar-refractivity contribution in [2.24, 2.45) is 12.5 Å².